The smallest absolute Gasteiger partial charge is 0.302 e. The first-order valence-electron chi connectivity index (χ1n) is 4.58. The van der Waals surface area contributed by atoms with Crippen LogP contribution >= 0.6 is 0 Å². The average molecular weight is 168 g/mol. The number of esters is 1. The molecule has 0 N–H and O–H groups in total. The fourth-order valence-corrected chi connectivity index (χ4v) is 2.89. The first-order chi connectivity index (χ1) is 5.75. The first kappa shape index (κ1) is 6.89. The van der Waals surface area contributed by atoms with Crippen LogP contribution in [-0.4, -0.2) is 24.3 Å². The summed E-state index contributed by atoms with van der Waals surface area (Å²) >= 11 is 0. The van der Waals surface area contributed by atoms with E-state index in [1.54, 1.807) is 0 Å². The summed E-state index contributed by atoms with van der Waals surface area (Å²) in [5, 5.41) is 0. The van der Waals surface area contributed by atoms with Crippen molar-refractivity contribution in [1.82, 2.24) is 0 Å². The van der Waals surface area contributed by atoms with Gasteiger partial charge in [0.25, 0.3) is 0 Å². The zero-order valence-electron chi connectivity index (χ0n) is 7.03. The number of hydrogen-bond donors (Lipinski definition) is 0. The molecule has 0 radical (unpaired) electrons. The monoisotopic (exact) mass is 168 g/mol. The van der Waals surface area contributed by atoms with Crippen molar-refractivity contribution in [2.45, 2.75) is 38.1 Å². The lowest BCUT2D eigenvalue weighted by Crippen LogP contribution is -2.27. The van der Waals surface area contributed by atoms with Crippen molar-refractivity contribution in [2.24, 2.45) is 11.8 Å². The van der Waals surface area contributed by atoms with E-state index in [9.17, 15) is 4.79 Å². The van der Waals surface area contributed by atoms with Gasteiger partial charge in [-0.3, -0.25) is 4.79 Å². The van der Waals surface area contributed by atoms with Gasteiger partial charge in [-0.25, -0.2) is 0 Å². The van der Waals surface area contributed by atoms with Crippen LogP contribution in [0.2, 0.25) is 0 Å². The Morgan fingerprint density at radius 2 is 2.25 bits per heavy atom. The molecule has 0 aromatic rings. The largest absolute Gasteiger partial charge is 0.462 e. The molecule has 3 rings (SSSR count). The third kappa shape index (κ3) is 0.774. The van der Waals surface area contributed by atoms with E-state index in [4.69, 9.17) is 9.47 Å². The minimum Gasteiger partial charge on any atom is -0.462 e. The van der Waals surface area contributed by atoms with E-state index in [0.717, 1.165) is 6.42 Å². The van der Waals surface area contributed by atoms with Gasteiger partial charge in [0.1, 0.15) is 6.10 Å². The van der Waals surface area contributed by atoms with Gasteiger partial charge in [-0.15, -0.1) is 0 Å². The van der Waals surface area contributed by atoms with Crippen molar-refractivity contribution in [3.05, 3.63) is 0 Å². The second kappa shape index (κ2) is 2.02. The van der Waals surface area contributed by atoms with Crippen molar-refractivity contribution < 1.29 is 14.3 Å². The van der Waals surface area contributed by atoms with E-state index >= 15 is 0 Å². The lowest BCUT2D eigenvalue weighted by molar-refractivity contribution is -0.148. The number of fused-ring (bicyclic) bond motifs is 5. The molecule has 2 saturated carbocycles. The van der Waals surface area contributed by atoms with Gasteiger partial charge in [0.05, 0.1) is 12.2 Å². The molecule has 0 aromatic carbocycles. The van der Waals surface area contributed by atoms with Crippen molar-refractivity contribution in [1.29, 1.82) is 0 Å². The normalized spacial score (nSPS) is 53.6. The van der Waals surface area contributed by atoms with Crippen LogP contribution in [0.4, 0.5) is 0 Å². The molecular formula is C9H12O3. The van der Waals surface area contributed by atoms with E-state index in [-0.39, 0.29) is 12.1 Å². The average Bonchev–Trinajstić information content (AvgIpc) is 2.61. The molecule has 0 aromatic heterocycles. The Balaban J connectivity index is 1.72. The van der Waals surface area contributed by atoms with Crippen LogP contribution in [0, 0.1) is 11.8 Å². The number of hydrogen-bond acceptors (Lipinski definition) is 3. The maximum atomic E-state index is 10.7. The van der Waals surface area contributed by atoms with Crippen LogP contribution in [0.5, 0.6) is 0 Å². The van der Waals surface area contributed by atoms with Crippen LogP contribution in [-0.2, 0) is 14.3 Å². The molecule has 1 heterocycles. The van der Waals surface area contributed by atoms with Gasteiger partial charge in [0.2, 0.25) is 0 Å². The molecule has 66 valence electrons. The standard InChI is InChI=1S/C9H12O3/c1-4(10)11-7-3-5-2-6(7)9-8(5)12-9/h5-9H,2-3H2,1H3/t5-,6-,7-,8-,9-/m1/s1. The highest BCUT2D eigenvalue weighted by atomic mass is 16.6. The van der Waals surface area contributed by atoms with Gasteiger partial charge < -0.3 is 9.47 Å². The summed E-state index contributed by atoms with van der Waals surface area (Å²) in [4.78, 5) is 10.7. The molecule has 1 saturated heterocycles. The van der Waals surface area contributed by atoms with E-state index in [2.05, 4.69) is 0 Å². The zero-order valence-corrected chi connectivity index (χ0v) is 7.03. The molecule has 0 amide bonds. The molecule has 3 heteroatoms. The van der Waals surface area contributed by atoms with Gasteiger partial charge in [0.15, 0.2) is 0 Å². The number of rotatable bonds is 1. The number of ether oxygens (including phenoxy) is 2. The Morgan fingerprint density at radius 1 is 1.42 bits per heavy atom. The summed E-state index contributed by atoms with van der Waals surface area (Å²) in [6, 6.07) is 0. The molecule has 0 unspecified atom stereocenters. The fraction of sp³-hybridized carbons (Fsp3) is 0.889. The molecule has 5 atom stereocenters. The molecule has 2 bridgehead atoms. The maximum absolute atomic E-state index is 10.7. The Bertz CT molecular complexity index is 238. The van der Waals surface area contributed by atoms with E-state index in [1.165, 1.54) is 13.3 Å². The maximum Gasteiger partial charge on any atom is 0.302 e. The van der Waals surface area contributed by atoms with Gasteiger partial charge in [-0.2, -0.15) is 0 Å². The summed E-state index contributed by atoms with van der Waals surface area (Å²) in [7, 11) is 0. The second-order valence-electron chi connectivity index (χ2n) is 4.11. The Hall–Kier alpha value is -0.570. The van der Waals surface area contributed by atoms with E-state index in [1.807, 2.05) is 0 Å². The van der Waals surface area contributed by atoms with Crippen molar-refractivity contribution in [2.75, 3.05) is 0 Å². The molecule has 3 nitrogen and oxygen atoms in total. The van der Waals surface area contributed by atoms with Crippen molar-refractivity contribution in [3.8, 4) is 0 Å². The summed E-state index contributed by atoms with van der Waals surface area (Å²) in [6.07, 6.45) is 3.38. The van der Waals surface area contributed by atoms with Crippen LogP contribution < -0.4 is 0 Å². The van der Waals surface area contributed by atoms with Crippen molar-refractivity contribution >= 4 is 5.97 Å². The predicted octanol–water partition coefficient (Wildman–Crippen LogP) is 0.725. The van der Waals surface area contributed by atoms with Gasteiger partial charge in [-0.05, 0) is 18.8 Å². The van der Waals surface area contributed by atoms with Crippen LogP contribution in [0.15, 0.2) is 0 Å². The Labute approximate surface area is 71.0 Å². The lowest BCUT2D eigenvalue weighted by atomic mass is 9.98. The molecule has 0 spiro atoms. The Kier molecular flexibility index (Phi) is 1.16. The van der Waals surface area contributed by atoms with Crippen LogP contribution in [0.3, 0.4) is 0 Å². The second-order valence-corrected chi connectivity index (χ2v) is 4.11. The van der Waals surface area contributed by atoms with Gasteiger partial charge in [0, 0.05) is 12.8 Å². The number of epoxide rings is 1. The third-order valence-corrected chi connectivity index (χ3v) is 3.35. The zero-order chi connectivity index (χ0) is 8.29. The topological polar surface area (TPSA) is 38.8 Å². The summed E-state index contributed by atoms with van der Waals surface area (Å²) in [5.41, 5.74) is 0. The quantitative estimate of drug-likeness (QED) is 0.428. The molecule has 2 aliphatic carbocycles. The summed E-state index contributed by atoms with van der Waals surface area (Å²) in [6.45, 7) is 1.48. The third-order valence-electron chi connectivity index (χ3n) is 3.35. The first-order valence-corrected chi connectivity index (χ1v) is 4.58. The Morgan fingerprint density at radius 3 is 2.83 bits per heavy atom. The minimum absolute atomic E-state index is 0.148. The van der Waals surface area contributed by atoms with Gasteiger partial charge >= 0.3 is 5.97 Å². The SMILES string of the molecule is CC(=O)O[C@@H]1C[C@H]2C[C@H]1[C@H]1O[C@H]21. The lowest BCUT2D eigenvalue weighted by Gasteiger charge is -2.18. The number of carbonyl (C=O) groups is 1. The van der Waals surface area contributed by atoms with Crippen LogP contribution in [0.25, 0.3) is 0 Å². The summed E-state index contributed by atoms with van der Waals surface area (Å²) in [5.74, 6) is 1.05. The van der Waals surface area contributed by atoms with Crippen LogP contribution in [0.1, 0.15) is 19.8 Å². The summed E-state index contributed by atoms with van der Waals surface area (Å²) < 4.78 is 10.7. The highest BCUT2D eigenvalue weighted by Gasteiger charge is 2.64. The van der Waals surface area contributed by atoms with E-state index in [0.29, 0.717) is 24.0 Å². The fourth-order valence-electron chi connectivity index (χ4n) is 2.89. The van der Waals surface area contributed by atoms with Gasteiger partial charge in [-0.1, -0.05) is 0 Å². The molecule has 3 aliphatic rings. The number of carbonyl (C=O) groups excluding carboxylic acids is 1. The molecule has 3 fully saturated rings. The molecule has 12 heavy (non-hydrogen) atoms. The minimum atomic E-state index is -0.148. The highest BCUT2D eigenvalue weighted by molar-refractivity contribution is 5.66. The molecule has 1 aliphatic heterocycles. The predicted molar refractivity (Wildman–Crippen MR) is 40.4 cm³/mol. The van der Waals surface area contributed by atoms with E-state index < -0.39 is 0 Å². The highest BCUT2D eigenvalue weighted by Crippen LogP contribution is 2.57. The molecular weight excluding hydrogens is 156 g/mol. The van der Waals surface area contributed by atoms with Crippen molar-refractivity contribution in [3.63, 3.8) is 0 Å².